The Labute approximate surface area is 172 Å². The zero-order chi connectivity index (χ0) is 20.1. The number of nitrogens with zero attached hydrogens (tertiary/aromatic N) is 3. The first-order chi connectivity index (χ1) is 14.2. The number of hydrogen-bond acceptors (Lipinski definition) is 6. The van der Waals surface area contributed by atoms with Crippen LogP contribution < -0.4 is 15.5 Å². The number of nitrogens with one attached hydrogen (secondary N) is 2. The third-order valence-corrected chi connectivity index (χ3v) is 5.02. The predicted molar refractivity (Wildman–Crippen MR) is 119 cm³/mol. The highest BCUT2D eigenvalue weighted by Gasteiger charge is 2.15. The van der Waals surface area contributed by atoms with Crippen LogP contribution in [0.25, 0.3) is 0 Å². The molecule has 0 atom stereocenters. The summed E-state index contributed by atoms with van der Waals surface area (Å²) in [6.45, 7) is 7.36. The van der Waals surface area contributed by atoms with Gasteiger partial charge in [-0.15, -0.1) is 0 Å². The SMILES string of the molecule is CCc1ccccc1Nc1cc(Nc2ccccc2N2CCOCC2)nc(C)n1. The monoisotopic (exact) mass is 389 g/mol. The minimum Gasteiger partial charge on any atom is -0.378 e. The molecular formula is C23H27N5O. The van der Waals surface area contributed by atoms with Gasteiger partial charge in [-0.3, -0.25) is 0 Å². The van der Waals surface area contributed by atoms with E-state index >= 15 is 0 Å². The second kappa shape index (κ2) is 8.92. The van der Waals surface area contributed by atoms with Crippen LogP contribution in [0.15, 0.2) is 54.6 Å². The maximum absolute atomic E-state index is 5.50. The summed E-state index contributed by atoms with van der Waals surface area (Å²) in [7, 11) is 0. The van der Waals surface area contributed by atoms with Gasteiger partial charge in [0.05, 0.1) is 24.6 Å². The molecule has 1 aliphatic rings. The normalized spacial score (nSPS) is 13.9. The van der Waals surface area contributed by atoms with Crippen molar-refractivity contribution >= 4 is 28.7 Å². The first kappa shape index (κ1) is 19.2. The summed E-state index contributed by atoms with van der Waals surface area (Å²) in [4.78, 5) is 11.5. The molecule has 1 fully saturated rings. The van der Waals surface area contributed by atoms with E-state index in [4.69, 9.17) is 4.74 Å². The molecule has 0 spiro atoms. The molecule has 4 rings (SSSR count). The van der Waals surface area contributed by atoms with Gasteiger partial charge in [0.15, 0.2) is 0 Å². The van der Waals surface area contributed by atoms with Gasteiger partial charge in [-0.25, -0.2) is 9.97 Å². The number of ether oxygens (including phenoxy) is 1. The molecule has 0 amide bonds. The van der Waals surface area contributed by atoms with Crippen molar-refractivity contribution in [3.63, 3.8) is 0 Å². The van der Waals surface area contributed by atoms with E-state index in [1.807, 2.05) is 25.1 Å². The summed E-state index contributed by atoms with van der Waals surface area (Å²) in [6, 6.07) is 18.6. The minimum absolute atomic E-state index is 0.718. The van der Waals surface area contributed by atoms with E-state index in [-0.39, 0.29) is 0 Å². The fourth-order valence-electron chi connectivity index (χ4n) is 3.58. The third kappa shape index (κ3) is 4.66. The number of morpholine rings is 1. The van der Waals surface area contributed by atoms with Gasteiger partial charge in [-0.1, -0.05) is 37.3 Å². The fourth-order valence-corrected chi connectivity index (χ4v) is 3.58. The van der Waals surface area contributed by atoms with Crippen molar-refractivity contribution in [2.24, 2.45) is 0 Å². The number of aromatic nitrogens is 2. The van der Waals surface area contributed by atoms with Gasteiger partial charge < -0.3 is 20.3 Å². The Bertz CT molecular complexity index is 969. The van der Waals surface area contributed by atoms with Crippen molar-refractivity contribution in [2.45, 2.75) is 20.3 Å². The Morgan fingerprint density at radius 3 is 2.24 bits per heavy atom. The molecular weight excluding hydrogens is 362 g/mol. The number of benzene rings is 2. The van der Waals surface area contributed by atoms with Crippen LogP contribution in [0.2, 0.25) is 0 Å². The van der Waals surface area contributed by atoms with Crippen molar-refractivity contribution in [3.05, 3.63) is 66.0 Å². The Balaban J connectivity index is 1.59. The van der Waals surface area contributed by atoms with E-state index in [0.717, 1.165) is 67.2 Å². The Kier molecular flexibility index (Phi) is 5.91. The van der Waals surface area contributed by atoms with Crippen LogP contribution in [0.3, 0.4) is 0 Å². The number of aryl methyl sites for hydroxylation is 2. The maximum Gasteiger partial charge on any atom is 0.136 e. The maximum atomic E-state index is 5.50. The first-order valence-corrected chi connectivity index (χ1v) is 10.1. The molecule has 0 radical (unpaired) electrons. The molecule has 150 valence electrons. The van der Waals surface area contributed by atoms with Gasteiger partial charge >= 0.3 is 0 Å². The van der Waals surface area contributed by atoms with Crippen molar-refractivity contribution in [1.29, 1.82) is 0 Å². The fraction of sp³-hybridized carbons (Fsp3) is 0.304. The molecule has 0 bridgehead atoms. The Morgan fingerprint density at radius 2 is 1.52 bits per heavy atom. The smallest absolute Gasteiger partial charge is 0.136 e. The minimum atomic E-state index is 0.718. The zero-order valence-electron chi connectivity index (χ0n) is 17.0. The lowest BCUT2D eigenvalue weighted by Crippen LogP contribution is -2.36. The summed E-state index contributed by atoms with van der Waals surface area (Å²) in [6.07, 6.45) is 0.964. The van der Waals surface area contributed by atoms with Gasteiger partial charge in [0.2, 0.25) is 0 Å². The predicted octanol–water partition coefficient (Wildman–Crippen LogP) is 4.67. The average molecular weight is 390 g/mol. The highest BCUT2D eigenvalue weighted by Crippen LogP contribution is 2.30. The van der Waals surface area contributed by atoms with E-state index in [1.165, 1.54) is 5.56 Å². The van der Waals surface area contributed by atoms with E-state index < -0.39 is 0 Å². The van der Waals surface area contributed by atoms with Crippen LogP contribution in [-0.2, 0) is 11.2 Å². The summed E-state index contributed by atoms with van der Waals surface area (Å²) in [5.41, 5.74) is 4.54. The van der Waals surface area contributed by atoms with E-state index in [1.54, 1.807) is 0 Å². The molecule has 6 nitrogen and oxygen atoms in total. The highest BCUT2D eigenvalue weighted by atomic mass is 16.5. The number of rotatable bonds is 6. The van der Waals surface area contributed by atoms with Crippen LogP contribution in [0, 0.1) is 6.92 Å². The summed E-state index contributed by atoms with van der Waals surface area (Å²) >= 11 is 0. The van der Waals surface area contributed by atoms with Crippen molar-refractivity contribution < 1.29 is 4.74 Å². The molecule has 1 saturated heterocycles. The first-order valence-electron chi connectivity index (χ1n) is 10.1. The van der Waals surface area contributed by atoms with Crippen LogP contribution in [0.5, 0.6) is 0 Å². The number of anilines is 5. The van der Waals surface area contributed by atoms with Crippen LogP contribution in [0.4, 0.5) is 28.7 Å². The van der Waals surface area contributed by atoms with E-state index in [2.05, 4.69) is 68.8 Å². The largest absolute Gasteiger partial charge is 0.378 e. The van der Waals surface area contributed by atoms with Gasteiger partial charge in [0, 0.05) is 24.8 Å². The molecule has 2 aromatic carbocycles. The van der Waals surface area contributed by atoms with E-state index in [9.17, 15) is 0 Å². The van der Waals surface area contributed by atoms with Gasteiger partial charge in [-0.05, 0) is 37.1 Å². The second-order valence-electron chi connectivity index (χ2n) is 7.06. The summed E-state index contributed by atoms with van der Waals surface area (Å²) in [5.74, 6) is 2.27. The average Bonchev–Trinajstić information content (AvgIpc) is 2.75. The van der Waals surface area contributed by atoms with Crippen LogP contribution >= 0.6 is 0 Å². The van der Waals surface area contributed by atoms with Crippen molar-refractivity contribution in [2.75, 3.05) is 41.8 Å². The lowest BCUT2D eigenvalue weighted by Gasteiger charge is -2.30. The zero-order valence-corrected chi connectivity index (χ0v) is 17.0. The molecule has 1 aromatic heterocycles. The highest BCUT2D eigenvalue weighted by molar-refractivity contribution is 5.75. The molecule has 29 heavy (non-hydrogen) atoms. The molecule has 0 aliphatic carbocycles. The molecule has 3 aromatic rings. The quantitative estimate of drug-likeness (QED) is 0.639. The van der Waals surface area contributed by atoms with Gasteiger partial charge in [0.25, 0.3) is 0 Å². The van der Waals surface area contributed by atoms with Gasteiger partial charge in [-0.2, -0.15) is 0 Å². The molecule has 2 heterocycles. The molecule has 6 heteroatoms. The summed E-state index contributed by atoms with van der Waals surface area (Å²) < 4.78 is 5.50. The number of para-hydroxylation sites is 3. The molecule has 0 unspecified atom stereocenters. The molecule has 1 aliphatic heterocycles. The molecule has 2 N–H and O–H groups in total. The lowest BCUT2D eigenvalue weighted by atomic mass is 10.1. The van der Waals surface area contributed by atoms with Crippen LogP contribution in [0.1, 0.15) is 18.3 Å². The van der Waals surface area contributed by atoms with E-state index in [0.29, 0.717) is 0 Å². The second-order valence-corrected chi connectivity index (χ2v) is 7.06. The Morgan fingerprint density at radius 1 is 0.897 bits per heavy atom. The molecule has 0 saturated carbocycles. The van der Waals surface area contributed by atoms with Crippen molar-refractivity contribution in [3.8, 4) is 0 Å². The van der Waals surface area contributed by atoms with Crippen molar-refractivity contribution in [1.82, 2.24) is 9.97 Å². The Hall–Kier alpha value is -3.12. The van der Waals surface area contributed by atoms with Crippen LogP contribution in [-0.4, -0.2) is 36.3 Å². The standard InChI is InChI=1S/C23H27N5O/c1-3-18-8-4-5-9-19(18)26-22-16-23(25-17(2)24-22)27-20-10-6-7-11-21(20)28-12-14-29-15-13-28/h4-11,16H,3,12-15H2,1-2H3,(H2,24,25,26,27). The summed E-state index contributed by atoms with van der Waals surface area (Å²) in [5, 5.41) is 6.94. The van der Waals surface area contributed by atoms with Gasteiger partial charge in [0.1, 0.15) is 17.5 Å². The number of hydrogen-bond donors (Lipinski definition) is 2. The lowest BCUT2D eigenvalue weighted by molar-refractivity contribution is 0.123. The topological polar surface area (TPSA) is 62.3 Å². The third-order valence-electron chi connectivity index (χ3n) is 5.02.